The Morgan fingerprint density at radius 2 is 1.00 bits per heavy atom. The molecule has 4 nitrogen and oxygen atoms in total. The fraction of sp³-hybridized carbons (Fsp3) is 0.867. The van der Waals surface area contributed by atoms with Gasteiger partial charge in [0.25, 0.3) is 0 Å². The lowest BCUT2D eigenvalue weighted by Crippen LogP contribution is -2.28. The van der Waals surface area contributed by atoms with Crippen LogP contribution in [0.1, 0.15) is 88.1 Å². The normalized spacial score (nSPS) is 5.32. The lowest BCUT2D eigenvalue weighted by molar-refractivity contribution is -0.120. The summed E-state index contributed by atoms with van der Waals surface area (Å²) in [7, 11) is 0. The number of hydrogen-bond acceptors (Lipinski definition) is 3. The van der Waals surface area contributed by atoms with Crippen molar-refractivity contribution >= 4 is 12.2 Å². The van der Waals surface area contributed by atoms with Crippen molar-refractivity contribution in [3.05, 3.63) is 0 Å². The minimum absolute atomic E-state index is 0. The molecule has 0 aromatic carbocycles. The van der Waals surface area contributed by atoms with Crippen molar-refractivity contribution in [3.8, 4) is 0 Å². The number of amides is 1. The largest absolute Gasteiger partial charge is 0.370 e. The number of carbonyl (C=O) groups excluding carboxylic acids is 2. The highest BCUT2D eigenvalue weighted by atomic mass is 16.1. The molecule has 134 valence electrons. The minimum Gasteiger partial charge on any atom is -0.370 e. The third kappa shape index (κ3) is 150. The van der Waals surface area contributed by atoms with Crippen LogP contribution in [0.2, 0.25) is 0 Å². The molecular weight excluding hydrogens is 240 g/mol. The maximum absolute atomic E-state index is 9.95. The second-order valence-corrected chi connectivity index (χ2v) is 1.47. The van der Waals surface area contributed by atoms with Crippen molar-refractivity contribution in [3.63, 3.8) is 0 Å². The monoisotopic (exact) mass is 292 g/mol. The van der Waals surface area contributed by atoms with E-state index in [2.05, 4.69) is 0 Å². The Kier molecular flexibility index (Phi) is 658. The van der Waals surface area contributed by atoms with Gasteiger partial charge in [0.1, 0.15) is 6.29 Å². The molecule has 0 aromatic heterocycles. The summed E-state index contributed by atoms with van der Waals surface area (Å²) in [6.07, 6.45) is 0.425. The first kappa shape index (κ1) is 142. The average Bonchev–Trinajstić information content (AvgIpc) is 1.65. The summed E-state index contributed by atoms with van der Waals surface area (Å²) >= 11 is 0. The van der Waals surface area contributed by atoms with Crippen LogP contribution in [0.3, 0.4) is 0 Å². The van der Waals surface area contributed by atoms with Gasteiger partial charge in [-0.25, -0.2) is 0 Å². The number of nitrogens with two attached hydrogens (primary N) is 2. The van der Waals surface area contributed by atoms with E-state index in [1.54, 1.807) is 0 Å². The summed E-state index contributed by atoms with van der Waals surface area (Å²) in [5, 5.41) is 0. The third-order valence-electron chi connectivity index (χ3n) is 0.612. The van der Waals surface area contributed by atoms with E-state index in [-0.39, 0.29) is 88.1 Å². The smallest absolute Gasteiger partial charge is 0.219 e. The second kappa shape index (κ2) is 87.9. The maximum atomic E-state index is 9.95. The Morgan fingerprint density at radius 3 is 1.05 bits per heavy atom. The Hall–Kier alpha value is -0.900. The summed E-state index contributed by atoms with van der Waals surface area (Å²) in [6.45, 7) is 0. The molecule has 0 bridgehead atoms. The Balaban J connectivity index is -0.00000000445. The fourth-order valence-electron chi connectivity index (χ4n) is 0.280. The van der Waals surface area contributed by atoms with Crippen LogP contribution in [0.4, 0.5) is 0 Å². The van der Waals surface area contributed by atoms with Gasteiger partial charge in [0.15, 0.2) is 0 Å². The molecule has 1 atom stereocenters. The van der Waals surface area contributed by atoms with Crippen molar-refractivity contribution in [1.82, 2.24) is 0 Å². The molecular formula is C15H52N2O2. The standard InChI is InChI=1S/C4H8N2O2.11CH4/c5-3(2-7)1-4(6)8;;;;;;;;;;;/h2-3H,1,5H2,(H2,6,8);11*1H4/t3-;;;;;;;;;;;/m1.........../s1. The zero-order valence-electron chi connectivity index (χ0n) is 4.33. The first-order valence-electron chi connectivity index (χ1n) is 2.16. The topological polar surface area (TPSA) is 86.2 Å². The number of hydrogen-bond donors (Lipinski definition) is 2. The number of primary amides is 1. The molecule has 0 fully saturated rings. The first-order valence-corrected chi connectivity index (χ1v) is 2.16. The third-order valence-corrected chi connectivity index (χ3v) is 0.612. The molecule has 0 aromatic rings. The van der Waals surface area contributed by atoms with Gasteiger partial charge in [-0.15, -0.1) is 0 Å². The first-order chi connectivity index (χ1) is 3.66. The Labute approximate surface area is 128 Å². The predicted octanol–water partition coefficient (Wildman–Crippen LogP) is 5.39. The summed E-state index contributed by atoms with van der Waals surface area (Å²) in [6, 6.07) is -0.729. The molecule has 0 saturated heterocycles. The van der Waals surface area contributed by atoms with E-state index < -0.39 is 11.9 Å². The van der Waals surface area contributed by atoms with Gasteiger partial charge >= 0.3 is 0 Å². The van der Waals surface area contributed by atoms with E-state index in [9.17, 15) is 9.59 Å². The van der Waals surface area contributed by atoms with E-state index in [1.807, 2.05) is 0 Å². The van der Waals surface area contributed by atoms with Gasteiger partial charge in [0.2, 0.25) is 5.91 Å². The summed E-state index contributed by atoms with van der Waals surface area (Å²) in [5.41, 5.74) is 9.70. The quantitative estimate of drug-likeness (QED) is 0.684. The zero-order valence-corrected chi connectivity index (χ0v) is 4.33. The molecule has 0 spiro atoms. The van der Waals surface area contributed by atoms with E-state index in [1.165, 1.54) is 0 Å². The van der Waals surface area contributed by atoms with Crippen molar-refractivity contribution in [2.24, 2.45) is 11.5 Å². The highest BCUT2D eigenvalue weighted by molar-refractivity contribution is 5.78. The van der Waals surface area contributed by atoms with Gasteiger partial charge in [-0.1, -0.05) is 81.7 Å². The predicted molar refractivity (Wildman–Crippen MR) is 102 cm³/mol. The van der Waals surface area contributed by atoms with Crippen molar-refractivity contribution in [2.75, 3.05) is 0 Å². The van der Waals surface area contributed by atoms with Crippen molar-refractivity contribution in [2.45, 2.75) is 94.2 Å². The van der Waals surface area contributed by atoms with Crippen LogP contribution in [0.15, 0.2) is 0 Å². The fourth-order valence-corrected chi connectivity index (χ4v) is 0.280. The molecule has 4 heteroatoms. The van der Waals surface area contributed by atoms with E-state index >= 15 is 0 Å². The van der Waals surface area contributed by atoms with Crippen LogP contribution in [0, 0.1) is 0 Å². The molecule has 0 heterocycles. The lowest BCUT2D eigenvalue weighted by atomic mass is 10.2. The van der Waals surface area contributed by atoms with Crippen LogP contribution in [-0.4, -0.2) is 18.2 Å². The molecule has 0 unspecified atom stereocenters. The molecule has 0 aliphatic carbocycles. The second-order valence-electron chi connectivity index (χ2n) is 1.47. The number of carbonyl (C=O) groups is 2. The Bertz CT molecular complexity index is 108. The lowest BCUT2D eigenvalue weighted by Gasteiger charge is -1.95. The summed E-state index contributed by atoms with van der Waals surface area (Å²) < 4.78 is 0. The molecule has 1 amide bonds. The van der Waals surface area contributed by atoms with E-state index in [0.29, 0.717) is 6.29 Å². The van der Waals surface area contributed by atoms with E-state index in [0.717, 1.165) is 0 Å². The van der Waals surface area contributed by atoms with Crippen LogP contribution >= 0.6 is 0 Å². The van der Waals surface area contributed by atoms with Crippen LogP contribution in [0.5, 0.6) is 0 Å². The number of aldehydes is 1. The molecule has 19 heavy (non-hydrogen) atoms. The zero-order chi connectivity index (χ0) is 6.57. The highest BCUT2D eigenvalue weighted by Gasteiger charge is 2.02. The van der Waals surface area contributed by atoms with Gasteiger partial charge in [-0.2, -0.15) is 0 Å². The molecule has 0 rings (SSSR count). The molecule has 4 N–H and O–H groups in total. The minimum atomic E-state index is -0.729. The molecule has 0 aliphatic heterocycles. The summed E-state index contributed by atoms with van der Waals surface area (Å²) in [4.78, 5) is 19.7. The number of rotatable bonds is 3. The highest BCUT2D eigenvalue weighted by Crippen LogP contribution is 1.78. The van der Waals surface area contributed by atoms with Crippen LogP contribution in [-0.2, 0) is 9.59 Å². The molecule has 0 saturated carbocycles. The molecule has 0 aliphatic rings. The van der Waals surface area contributed by atoms with Gasteiger partial charge in [-0.3, -0.25) is 4.79 Å². The van der Waals surface area contributed by atoms with Crippen molar-refractivity contribution in [1.29, 1.82) is 0 Å². The summed E-state index contributed by atoms with van der Waals surface area (Å²) in [5.74, 6) is -0.551. The molecule has 0 radical (unpaired) electrons. The van der Waals surface area contributed by atoms with Gasteiger partial charge in [0.05, 0.1) is 6.04 Å². The van der Waals surface area contributed by atoms with Gasteiger partial charge in [0, 0.05) is 6.42 Å². The van der Waals surface area contributed by atoms with E-state index in [4.69, 9.17) is 11.5 Å². The van der Waals surface area contributed by atoms with Crippen molar-refractivity contribution < 1.29 is 9.59 Å². The SMILES string of the molecule is C.C.C.C.C.C.C.C.C.C.C.NC(=O)C[C@@H](N)C=O. The maximum Gasteiger partial charge on any atom is 0.219 e. The Morgan fingerprint density at radius 1 is 0.789 bits per heavy atom. The van der Waals surface area contributed by atoms with Gasteiger partial charge < -0.3 is 16.3 Å². The van der Waals surface area contributed by atoms with Gasteiger partial charge in [-0.05, 0) is 0 Å². The average molecular weight is 293 g/mol. The van der Waals surface area contributed by atoms with Crippen LogP contribution < -0.4 is 11.5 Å². The van der Waals surface area contributed by atoms with Crippen LogP contribution in [0.25, 0.3) is 0 Å².